The van der Waals surface area contributed by atoms with Gasteiger partial charge in [-0.25, -0.2) is 4.98 Å². The molecule has 4 rings (SSSR count). The minimum absolute atomic E-state index is 0.347. The standard InChI is InChI=1S/C16H19N3O/c20-16(9-12-5-6-12)18-8-7-13(10-18)19-11-17-14-3-1-2-4-15(14)19/h1-4,11-13H,5-10H2. The van der Waals surface area contributed by atoms with Crippen LogP contribution < -0.4 is 0 Å². The highest BCUT2D eigenvalue weighted by atomic mass is 16.2. The SMILES string of the molecule is O=C(CC1CC1)N1CCC(n2cnc3ccccc32)C1. The summed E-state index contributed by atoms with van der Waals surface area (Å²) in [6, 6.07) is 8.59. The fourth-order valence-electron chi connectivity index (χ4n) is 3.16. The molecule has 4 nitrogen and oxygen atoms in total. The first-order valence-electron chi connectivity index (χ1n) is 7.50. The Morgan fingerprint density at radius 1 is 1.25 bits per heavy atom. The van der Waals surface area contributed by atoms with Crippen molar-refractivity contribution < 1.29 is 4.79 Å². The van der Waals surface area contributed by atoms with Crippen LogP contribution in [0.2, 0.25) is 0 Å². The Hall–Kier alpha value is -1.84. The number of carbonyl (C=O) groups excluding carboxylic acids is 1. The molecule has 0 N–H and O–H groups in total. The van der Waals surface area contributed by atoms with Gasteiger partial charge in [0.15, 0.2) is 0 Å². The zero-order valence-corrected chi connectivity index (χ0v) is 11.5. The molecular formula is C16H19N3O. The predicted octanol–water partition coefficient (Wildman–Crippen LogP) is 2.61. The van der Waals surface area contributed by atoms with E-state index in [0.717, 1.165) is 31.4 Å². The van der Waals surface area contributed by atoms with E-state index in [2.05, 4.69) is 15.6 Å². The lowest BCUT2D eigenvalue weighted by Crippen LogP contribution is -2.29. The lowest BCUT2D eigenvalue weighted by molar-refractivity contribution is -0.130. The van der Waals surface area contributed by atoms with E-state index in [0.29, 0.717) is 17.9 Å². The molecule has 1 atom stereocenters. The van der Waals surface area contributed by atoms with Crippen LogP contribution in [0.5, 0.6) is 0 Å². The Balaban J connectivity index is 1.51. The number of para-hydroxylation sites is 2. The van der Waals surface area contributed by atoms with Gasteiger partial charge in [0, 0.05) is 19.5 Å². The minimum Gasteiger partial charge on any atom is -0.341 e. The van der Waals surface area contributed by atoms with Gasteiger partial charge in [-0.05, 0) is 37.3 Å². The highest BCUT2D eigenvalue weighted by Gasteiger charge is 2.31. The van der Waals surface area contributed by atoms with Gasteiger partial charge in [-0.3, -0.25) is 4.79 Å². The van der Waals surface area contributed by atoms with Gasteiger partial charge in [0.25, 0.3) is 0 Å². The lowest BCUT2D eigenvalue weighted by Gasteiger charge is -2.17. The monoisotopic (exact) mass is 269 g/mol. The van der Waals surface area contributed by atoms with Gasteiger partial charge in [-0.15, -0.1) is 0 Å². The van der Waals surface area contributed by atoms with E-state index in [4.69, 9.17) is 0 Å². The van der Waals surface area contributed by atoms with Crippen LogP contribution in [0.1, 0.15) is 31.7 Å². The van der Waals surface area contributed by atoms with Crippen molar-refractivity contribution in [2.75, 3.05) is 13.1 Å². The number of hydrogen-bond donors (Lipinski definition) is 0. The van der Waals surface area contributed by atoms with Crippen molar-refractivity contribution in [3.05, 3.63) is 30.6 Å². The van der Waals surface area contributed by atoms with E-state index in [1.807, 2.05) is 29.4 Å². The molecule has 1 unspecified atom stereocenters. The Kier molecular flexibility index (Phi) is 2.76. The number of fused-ring (bicyclic) bond motifs is 1. The van der Waals surface area contributed by atoms with Crippen LogP contribution in [0.25, 0.3) is 11.0 Å². The smallest absolute Gasteiger partial charge is 0.222 e. The van der Waals surface area contributed by atoms with Crippen molar-refractivity contribution >= 4 is 16.9 Å². The van der Waals surface area contributed by atoms with Crippen LogP contribution in [-0.2, 0) is 4.79 Å². The third-order valence-corrected chi connectivity index (χ3v) is 4.55. The molecule has 0 radical (unpaired) electrons. The molecule has 2 aliphatic rings. The summed E-state index contributed by atoms with van der Waals surface area (Å²) in [5.74, 6) is 1.02. The number of carbonyl (C=O) groups is 1. The van der Waals surface area contributed by atoms with Crippen LogP contribution >= 0.6 is 0 Å². The van der Waals surface area contributed by atoms with E-state index in [-0.39, 0.29) is 0 Å². The van der Waals surface area contributed by atoms with Gasteiger partial charge >= 0.3 is 0 Å². The Morgan fingerprint density at radius 2 is 2.10 bits per heavy atom. The quantitative estimate of drug-likeness (QED) is 0.859. The first-order valence-corrected chi connectivity index (χ1v) is 7.50. The maximum Gasteiger partial charge on any atom is 0.222 e. The number of aromatic nitrogens is 2. The predicted molar refractivity (Wildman–Crippen MR) is 77.3 cm³/mol. The molecule has 4 heteroatoms. The largest absolute Gasteiger partial charge is 0.341 e. The summed E-state index contributed by atoms with van der Waals surface area (Å²) < 4.78 is 2.24. The third-order valence-electron chi connectivity index (χ3n) is 4.55. The molecule has 1 aromatic carbocycles. The van der Waals surface area contributed by atoms with Crippen molar-refractivity contribution in [1.82, 2.24) is 14.5 Å². The molecule has 1 amide bonds. The molecule has 1 aromatic heterocycles. The summed E-state index contributed by atoms with van der Waals surface area (Å²) in [6.07, 6.45) is 6.21. The van der Waals surface area contributed by atoms with Crippen LogP contribution in [0.3, 0.4) is 0 Å². The summed E-state index contributed by atoms with van der Waals surface area (Å²) in [7, 11) is 0. The van der Waals surface area contributed by atoms with Gasteiger partial charge in [0.2, 0.25) is 5.91 Å². The highest BCUT2D eigenvalue weighted by Crippen LogP contribution is 2.34. The van der Waals surface area contributed by atoms with Crippen molar-refractivity contribution in [3.63, 3.8) is 0 Å². The van der Waals surface area contributed by atoms with Crippen LogP contribution in [0.4, 0.5) is 0 Å². The number of imidazole rings is 1. The average Bonchev–Trinajstić information content (AvgIpc) is 3.01. The number of amides is 1. The van der Waals surface area contributed by atoms with E-state index < -0.39 is 0 Å². The number of nitrogens with zero attached hydrogens (tertiary/aromatic N) is 3. The molecule has 1 aliphatic heterocycles. The number of rotatable bonds is 3. The van der Waals surface area contributed by atoms with E-state index in [1.54, 1.807) is 0 Å². The molecule has 0 bridgehead atoms. The average molecular weight is 269 g/mol. The topological polar surface area (TPSA) is 38.1 Å². The second kappa shape index (κ2) is 4.62. The summed E-state index contributed by atoms with van der Waals surface area (Å²) in [5, 5.41) is 0. The summed E-state index contributed by atoms with van der Waals surface area (Å²) >= 11 is 0. The molecule has 2 fully saturated rings. The zero-order valence-electron chi connectivity index (χ0n) is 11.5. The molecule has 2 heterocycles. The second-order valence-electron chi connectivity index (χ2n) is 6.07. The number of hydrogen-bond acceptors (Lipinski definition) is 2. The number of likely N-dealkylation sites (tertiary alicyclic amines) is 1. The first-order chi connectivity index (χ1) is 9.81. The molecule has 1 saturated heterocycles. The maximum atomic E-state index is 12.2. The molecule has 2 aromatic rings. The molecule has 0 spiro atoms. The zero-order chi connectivity index (χ0) is 13.5. The van der Waals surface area contributed by atoms with Crippen LogP contribution in [0, 0.1) is 5.92 Å². The third kappa shape index (κ3) is 2.09. The van der Waals surface area contributed by atoms with Crippen molar-refractivity contribution in [2.45, 2.75) is 31.7 Å². The van der Waals surface area contributed by atoms with Gasteiger partial charge in [0.05, 0.1) is 23.4 Å². The molecule has 1 saturated carbocycles. The summed E-state index contributed by atoms with van der Waals surface area (Å²) in [6.45, 7) is 1.73. The Bertz CT molecular complexity index is 644. The lowest BCUT2D eigenvalue weighted by atomic mass is 10.2. The summed E-state index contributed by atoms with van der Waals surface area (Å²) in [5.41, 5.74) is 2.21. The van der Waals surface area contributed by atoms with Gasteiger partial charge in [0.1, 0.15) is 0 Å². The molecule has 1 aliphatic carbocycles. The Labute approximate surface area is 118 Å². The van der Waals surface area contributed by atoms with E-state index in [1.165, 1.54) is 18.4 Å². The van der Waals surface area contributed by atoms with Crippen molar-refractivity contribution in [2.24, 2.45) is 5.92 Å². The maximum absolute atomic E-state index is 12.2. The second-order valence-corrected chi connectivity index (χ2v) is 6.07. The normalized spacial score (nSPS) is 22.6. The fraction of sp³-hybridized carbons (Fsp3) is 0.500. The fourth-order valence-corrected chi connectivity index (χ4v) is 3.16. The summed E-state index contributed by atoms with van der Waals surface area (Å²) in [4.78, 5) is 18.7. The molecule has 20 heavy (non-hydrogen) atoms. The number of benzene rings is 1. The Morgan fingerprint density at radius 3 is 2.95 bits per heavy atom. The minimum atomic E-state index is 0.347. The first kappa shape index (κ1) is 11.9. The van der Waals surface area contributed by atoms with Crippen molar-refractivity contribution in [1.29, 1.82) is 0 Å². The van der Waals surface area contributed by atoms with Gasteiger partial charge in [-0.2, -0.15) is 0 Å². The van der Waals surface area contributed by atoms with Gasteiger partial charge in [-0.1, -0.05) is 12.1 Å². The van der Waals surface area contributed by atoms with Crippen LogP contribution in [-0.4, -0.2) is 33.4 Å². The highest BCUT2D eigenvalue weighted by molar-refractivity contribution is 5.77. The van der Waals surface area contributed by atoms with Gasteiger partial charge < -0.3 is 9.47 Å². The van der Waals surface area contributed by atoms with Crippen molar-refractivity contribution in [3.8, 4) is 0 Å². The van der Waals surface area contributed by atoms with Crippen LogP contribution in [0.15, 0.2) is 30.6 Å². The molecular weight excluding hydrogens is 250 g/mol. The van der Waals surface area contributed by atoms with E-state index >= 15 is 0 Å². The molecule has 104 valence electrons. The van der Waals surface area contributed by atoms with E-state index in [9.17, 15) is 4.79 Å².